The van der Waals surface area contributed by atoms with Gasteiger partial charge in [-0.25, -0.2) is 4.39 Å². The minimum atomic E-state index is -0.455. The van der Waals surface area contributed by atoms with Crippen molar-refractivity contribution in [3.05, 3.63) is 46.8 Å². The molecule has 0 aliphatic heterocycles. The third-order valence-corrected chi connectivity index (χ3v) is 1.88. The van der Waals surface area contributed by atoms with Crippen LogP contribution in [-0.2, 0) is 0 Å². The van der Waals surface area contributed by atoms with E-state index >= 15 is 0 Å². The Hall–Kier alpha value is -1.15. The summed E-state index contributed by atoms with van der Waals surface area (Å²) in [5.41, 5.74) is 0.670. The molecule has 1 nitrogen and oxygen atoms in total. The Kier molecular flexibility index (Phi) is 2.83. The normalized spacial score (nSPS) is 9.77. The first-order chi connectivity index (χ1) is 6.02. The van der Waals surface area contributed by atoms with Crippen LogP contribution in [0.5, 0.6) is 0 Å². The van der Waals surface area contributed by atoms with Crippen molar-refractivity contribution >= 4 is 17.4 Å². The quantitative estimate of drug-likeness (QED) is 0.527. The van der Waals surface area contributed by atoms with E-state index in [-0.39, 0.29) is 16.4 Å². The van der Waals surface area contributed by atoms with Crippen molar-refractivity contribution in [1.29, 1.82) is 0 Å². The van der Waals surface area contributed by atoms with Crippen molar-refractivity contribution in [2.24, 2.45) is 0 Å². The molecule has 0 aliphatic carbocycles. The van der Waals surface area contributed by atoms with E-state index in [0.717, 1.165) is 6.07 Å². The molecule has 68 valence electrons. The van der Waals surface area contributed by atoms with Gasteiger partial charge in [-0.3, -0.25) is 4.79 Å². The van der Waals surface area contributed by atoms with E-state index in [0.29, 0.717) is 5.57 Å². The molecule has 0 saturated heterocycles. The number of rotatable bonds is 2. The van der Waals surface area contributed by atoms with Crippen LogP contribution in [-0.4, -0.2) is 5.78 Å². The van der Waals surface area contributed by atoms with Crippen molar-refractivity contribution in [3.63, 3.8) is 0 Å². The smallest absolute Gasteiger partial charge is 0.189 e. The van der Waals surface area contributed by atoms with Gasteiger partial charge in [0, 0.05) is 5.56 Å². The summed E-state index contributed by atoms with van der Waals surface area (Å²) in [6.45, 7) is 5.08. The summed E-state index contributed by atoms with van der Waals surface area (Å²) < 4.78 is 12.6. The Morgan fingerprint density at radius 2 is 2.15 bits per heavy atom. The second-order valence-corrected chi connectivity index (χ2v) is 3.14. The number of halogens is 2. The largest absolute Gasteiger partial charge is 0.289 e. The lowest BCUT2D eigenvalue weighted by atomic mass is 10.1. The van der Waals surface area contributed by atoms with Gasteiger partial charge in [-0.1, -0.05) is 18.2 Å². The molecular weight excluding hydrogens is 191 g/mol. The van der Waals surface area contributed by atoms with Crippen molar-refractivity contribution in [3.8, 4) is 0 Å². The molecule has 0 spiro atoms. The van der Waals surface area contributed by atoms with Gasteiger partial charge in [-0.2, -0.15) is 0 Å². The second kappa shape index (κ2) is 3.71. The zero-order valence-electron chi connectivity index (χ0n) is 7.10. The van der Waals surface area contributed by atoms with Crippen molar-refractivity contribution in [2.75, 3.05) is 0 Å². The summed E-state index contributed by atoms with van der Waals surface area (Å²) >= 11 is 5.67. The molecule has 1 aromatic carbocycles. The van der Waals surface area contributed by atoms with Crippen molar-refractivity contribution < 1.29 is 9.18 Å². The van der Waals surface area contributed by atoms with Crippen LogP contribution in [0.25, 0.3) is 0 Å². The molecule has 0 radical (unpaired) electrons. The Balaban J connectivity index is 3.16. The minimum absolute atomic E-state index is 0.119. The highest BCUT2D eigenvalue weighted by Crippen LogP contribution is 2.19. The van der Waals surface area contributed by atoms with Gasteiger partial charge in [0.05, 0.1) is 5.02 Å². The van der Waals surface area contributed by atoms with Gasteiger partial charge < -0.3 is 0 Å². The first kappa shape index (κ1) is 9.93. The van der Waals surface area contributed by atoms with Crippen molar-refractivity contribution in [1.82, 2.24) is 0 Å². The van der Waals surface area contributed by atoms with Crippen molar-refractivity contribution in [2.45, 2.75) is 6.92 Å². The summed E-state index contributed by atoms with van der Waals surface area (Å²) in [6, 6.07) is 3.66. The third kappa shape index (κ3) is 2.16. The van der Waals surface area contributed by atoms with E-state index in [1.807, 2.05) is 0 Å². The highest BCUT2D eigenvalue weighted by molar-refractivity contribution is 6.34. The Morgan fingerprint density at radius 3 is 2.62 bits per heavy atom. The molecule has 3 heteroatoms. The van der Waals surface area contributed by atoms with Gasteiger partial charge in [0.25, 0.3) is 0 Å². The van der Waals surface area contributed by atoms with E-state index in [1.54, 1.807) is 6.92 Å². The van der Waals surface area contributed by atoms with Gasteiger partial charge in [-0.05, 0) is 30.7 Å². The molecule has 0 amide bonds. The Labute approximate surface area is 80.8 Å². The Morgan fingerprint density at radius 1 is 1.54 bits per heavy atom. The zero-order chi connectivity index (χ0) is 10.0. The van der Waals surface area contributed by atoms with Gasteiger partial charge in [0.15, 0.2) is 5.78 Å². The van der Waals surface area contributed by atoms with Crippen LogP contribution >= 0.6 is 11.6 Å². The van der Waals surface area contributed by atoms with Crippen LogP contribution in [0.3, 0.4) is 0 Å². The lowest BCUT2D eigenvalue weighted by Crippen LogP contribution is -2.00. The van der Waals surface area contributed by atoms with Gasteiger partial charge in [0.2, 0.25) is 0 Å². The molecule has 0 unspecified atom stereocenters. The number of carbonyl (C=O) groups excluding carboxylic acids is 1. The molecule has 0 atom stereocenters. The van der Waals surface area contributed by atoms with Gasteiger partial charge in [0.1, 0.15) is 5.82 Å². The number of Topliss-reactive ketones (excluding diaryl/α,β-unsaturated/α-hetero) is 1. The summed E-state index contributed by atoms with van der Waals surface area (Å²) in [6.07, 6.45) is 0. The fourth-order valence-corrected chi connectivity index (χ4v) is 1.16. The topological polar surface area (TPSA) is 17.1 Å². The number of carbonyl (C=O) groups is 1. The summed E-state index contributed by atoms with van der Waals surface area (Å²) in [4.78, 5) is 11.4. The molecule has 0 N–H and O–H groups in total. The number of benzene rings is 1. The molecule has 0 saturated carbocycles. The number of ketones is 1. The summed E-state index contributed by atoms with van der Waals surface area (Å²) in [5.74, 6) is -0.715. The SMILES string of the molecule is C=C(C)C(=O)c1ccc(F)cc1Cl. The highest BCUT2D eigenvalue weighted by Gasteiger charge is 2.10. The third-order valence-electron chi connectivity index (χ3n) is 1.56. The van der Waals surface area contributed by atoms with Crippen LogP contribution in [0.15, 0.2) is 30.4 Å². The maximum Gasteiger partial charge on any atom is 0.189 e. The molecule has 0 aromatic heterocycles. The van der Waals surface area contributed by atoms with Crippen LogP contribution in [0.2, 0.25) is 5.02 Å². The van der Waals surface area contributed by atoms with Crippen LogP contribution < -0.4 is 0 Å². The molecule has 0 aliphatic rings. The van der Waals surface area contributed by atoms with E-state index in [4.69, 9.17) is 11.6 Å². The second-order valence-electron chi connectivity index (χ2n) is 2.73. The first-order valence-corrected chi connectivity index (χ1v) is 4.05. The lowest BCUT2D eigenvalue weighted by molar-refractivity contribution is 0.103. The van der Waals surface area contributed by atoms with E-state index in [2.05, 4.69) is 6.58 Å². The Bertz CT molecular complexity index is 371. The highest BCUT2D eigenvalue weighted by atomic mass is 35.5. The lowest BCUT2D eigenvalue weighted by Gasteiger charge is -2.01. The fraction of sp³-hybridized carbons (Fsp3) is 0.100. The van der Waals surface area contributed by atoms with E-state index in [1.165, 1.54) is 12.1 Å². The minimum Gasteiger partial charge on any atom is -0.289 e. The standard InChI is InChI=1S/C10H8ClFO/c1-6(2)10(13)8-4-3-7(12)5-9(8)11/h3-5H,1H2,2H3. The predicted octanol–water partition coefficient (Wildman–Crippen LogP) is 3.24. The number of hydrogen-bond donors (Lipinski definition) is 0. The molecule has 0 heterocycles. The fourth-order valence-electron chi connectivity index (χ4n) is 0.904. The summed E-state index contributed by atoms with van der Waals surface area (Å²) in [5, 5.41) is 0.119. The van der Waals surface area contributed by atoms with Crippen LogP contribution in [0.1, 0.15) is 17.3 Å². The molecule has 1 rings (SSSR count). The monoisotopic (exact) mass is 198 g/mol. The molecule has 1 aromatic rings. The van der Waals surface area contributed by atoms with Gasteiger partial charge >= 0.3 is 0 Å². The molecule has 13 heavy (non-hydrogen) atoms. The van der Waals surface area contributed by atoms with E-state index < -0.39 is 5.82 Å². The number of hydrogen-bond acceptors (Lipinski definition) is 1. The first-order valence-electron chi connectivity index (χ1n) is 3.67. The van der Waals surface area contributed by atoms with Crippen LogP contribution in [0, 0.1) is 5.82 Å². The zero-order valence-corrected chi connectivity index (χ0v) is 7.86. The van der Waals surface area contributed by atoms with E-state index in [9.17, 15) is 9.18 Å². The predicted molar refractivity (Wildman–Crippen MR) is 50.6 cm³/mol. The molecule has 0 bridgehead atoms. The number of allylic oxidation sites excluding steroid dienone is 1. The van der Waals surface area contributed by atoms with Gasteiger partial charge in [-0.15, -0.1) is 0 Å². The summed E-state index contributed by atoms with van der Waals surface area (Å²) in [7, 11) is 0. The van der Waals surface area contributed by atoms with Crippen LogP contribution in [0.4, 0.5) is 4.39 Å². The maximum atomic E-state index is 12.6. The molecule has 0 fully saturated rings. The average molecular weight is 199 g/mol. The maximum absolute atomic E-state index is 12.6. The average Bonchev–Trinajstić information content (AvgIpc) is 2.03. The molecular formula is C10H8ClFO.